The number of hydrazone groups is 2. The van der Waals surface area contributed by atoms with Crippen LogP contribution in [-0.2, 0) is 0 Å². The third-order valence-corrected chi connectivity index (χ3v) is 5.83. The summed E-state index contributed by atoms with van der Waals surface area (Å²) >= 11 is 0. The second kappa shape index (κ2) is 10.6. The summed E-state index contributed by atoms with van der Waals surface area (Å²) in [5, 5.41) is 31.7. The molecule has 0 aliphatic heterocycles. The van der Waals surface area contributed by atoms with Crippen LogP contribution in [0.5, 0.6) is 11.5 Å². The van der Waals surface area contributed by atoms with Crippen LogP contribution in [0.2, 0.25) is 0 Å². The third-order valence-electron chi connectivity index (χ3n) is 5.83. The highest BCUT2D eigenvalue weighted by atomic mass is 16.3. The first-order valence-corrected chi connectivity index (χ1v) is 11.6. The summed E-state index contributed by atoms with van der Waals surface area (Å²) in [6, 6.07) is 26.0. The van der Waals surface area contributed by atoms with Crippen molar-refractivity contribution >= 4 is 45.8 Å². The van der Waals surface area contributed by atoms with E-state index in [0.717, 1.165) is 21.5 Å². The maximum atomic E-state index is 12.6. The molecule has 9 nitrogen and oxygen atoms in total. The van der Waals surface area contributed by atoms with Gasteiger partial charge in [-0.1, -0.05) is 66.7 Å². The molecule has 0 fully saturated rings. The van der Waals surface area contributed by atoms with Crippen LogP contribution in [0.15, 0.2) is 101 Å². The molecule has 0 radical (unpaired) electrons. The summed E-state index contributed by atoms with van der Waals surface area (Å²) < 4.78 is 0. The predicted molar refractivity (Wildman–Crippen MR) is 146 cm³/mol. The lowest BCUT2D eigenvalue weighted by Gasteiger charge is -2.06. The molecular formula is C29H21N5O4. The number of rotatable bonds is 6. The number of nitrogens with zero attached hydrogens (tertiary/aromatic N) is 3. The van der Waals surface area contributed by atoms with Gasteiger partial charge in [0.15, 0.2) is 0 Å². The zero-order valence-corrected chi connectivity index (χ0v) is 19.9. The number of hydrogen-bond acceptors (Lipinski definition) is 7. The van der Waals surface area contributed by atoms with Gasteiger partial charge in [0.1, 0.15) is 22.9 Å². The SMILES string of the molecule is O=C(NN=Cc1c(O)ccc2ccccc12)c1cccc(C(=O)NN=Cc2c(O)ccc3ccccc23)n1. The van der Waals surface area contributed by atoms with Crippen molar-refractivity contribution < 1.29 is 19.8 Å². The molecule has 0 saturated heterocycles. The number of pyridine rings is 1. The first-order valence-electron chi connectivity index (χ1n) is 11.6. The summed E-state index contributed by atoms with van der Waals surface area (Å²) in [4.78, 5) is 29.2. The average molecular weight is 504 g/mol. The topological polar surface area (TPSA) is 136 Å². The molecule has 5 aromatic rings. The van der Waals surface area contributed by atoms with Crippen molar-refractivity contribution in [1.82, 2.24) is 15.8 Å². The number of phenolic OH excluding ortho intramolecular Hbond substituents is 2. The lowest BCUT2D eigenvalue weighted by molar-refractivity contribution is 0.0945. The third kappa shape index (κ3) is 5.02. The molecule has 4 N–H and O–H groups in total. The predicted octanol–water partition coefficient (Wildman–Crippen LogP) is 4.33. The van der Waals surface area contributed by atoms with Gasteiger partial charge in [0.25, 0.3) is 11.8 Å². The van der Waals surface area contributed by atoms with Gasteiger partial charge in [0.05, 0.1) is 12.4 Å². The quantitative estimate of drug-likeness (QED) is 0.202. The maximum Gasteiger partial charge on any atom is 0.289 e. The fourth-order valence-corrected chi connectivity index (χ4v) is 3.95. The van der Waals surface area contributed by atoms with E-state index in [2.05, 4.69) is 26.0 Å². The van der Waals surface area contributed by atoms with Gasteiger partial charge in [-0.3, -0.25) is 9.59 Å². The Balaban J connectivity index is 1.27. The zero-order valence-electron chi connectivity index (χ0n) is 19.9. The molecule has 0 unspecified atom stereocenters. The molecule has 1 heterocycles. The molecule has 0 aliphatic rings. The van der Waals surface area contributed by atoms with Gasteiger partial charge in [0.2, 0.25) is 0 Å². The van der Waals surface area contributed by atoms with Crippen molar-refractivity contribution in [2.45, 2.75) is 0 Å². The number of benzene rings is 4. The van der Waals surface area contributed by atoms with Crippen LogP contribution in [0.4, 0.5) is 0 Å². The van der Waals surface area contributed by atoms with E-state index in [1.165, 1.54) is 30.6 Å². The molecule has 186 valence electrons. The number of carbonyl (C=O) groups is 2. The van der Waals surface area contributed by atoms with Crippen molar-refractivity contribution in [1.29, 1.82) is 0 Å². The van der Waals surface area contributed by atoms with E-state index < -0.39 is 11.8 Å². The van der Waals surface area contributed by atoms with Crippen LogP contribution >= 0.6 is 0 Å². The van der Waals surface area contributed by atoms with E-state index in [1.54, 1.807) is 24.3 Å². The molecule has 0 atom stereocenters. The standard InChI is InChI=1S/C29H21N5O4/c35-26-14-12-18-6-1-3-8-20(18)22(26)16-30-33-28(37)24-10-5-11-25(32-24)29(38)34-31-17-23-21-9-4-2-7-19(21)13-15-27(23)36/h1-17,35-36H,(H,33,37)(H,34,38). The Kier molecular flexibility index (Phi) is 6.73. The Hall–Kier alpha value is -5.57. The van der Waals surface area contributed by atoms with Gasteiger partial charge in [-0.15, -0.1) is 0 Å². The fourth-order valence-electron chi connectivity index (χ4n) is 3.95. The van der Waals surface area contributed by atoms with Crippen LogP contribution in [0.1, 0.15) is 32.1 Å². The first kappa shape index (κ1) is 24.1. The van der Waals surface area contributed by atoms with Gasteiger partial charge in [0, 0.05) is 11.1 Å². The molecule has 2 amide bonds. The monoisotopic (exact) mass is 503 g/mol. The Morgan fingerprint density at radius 1 is 0.605 bits per heavy atom. The number of fused-ring (bicyclic) bond motifs is 2. The summed E-state index contributed by atoms with van der Waals surface area (Å²) in [6.07, 6.45) is 2.70. The second-order valence-electron chi connectivity index (χ2n) is 8.25. The van der Waals surface area contributed by atoms with Gasteiger partial charge >= 0.3 is 0 Å². The Bertz CT molecular complexity index is 1620. The normalized spacial score (nSPS) is 11.4. The van der Waals surface area contributed by atoms with E-state index in [-0.39, 0.29) is 22.9 Å². The maximum absolute atomic E-state index is 12.6. The molecule has 4 aromatic carbocycles. The van der Waals surface area contributed by atoms with E-state index in [9.17, 15) is 19.8 Å². The molecule has 9 heteroatoms. The second-order valence-corrected chi connectivity index (χ2v) is 8.25. The molecular weight excluding hydrogens is 482 g/mol. The summed E-state index contributed by atoms with van der Waals surface area (Å²) in [5.41, 5.74) is 5.57. The van der Waals surface area contributed by atoms with E-state index in [0.29, 0.717) is 11.1 Å². The van der Waals surface area contributed by atoms with Gasteiger partial charge in [-0.05, 0) is 45.8 Å². The molecule has 5 rings (SSSR count). The van der Waals surface area contributed by atoms with E-state index in [4.69, 9.17) is 0 Å². The number of carbonyl (C=O) groups excluding carboxylic acids is 2. The molecule has 38 heavy (non-hydrogen) atoms. The van der Waals surface area contributed by atoms with E-state index >= 15 is 0 Å². The molecule has 0 spiro atoms. The molecule has 0 bridgehead atoms. The van der Waals surface area contributed by atoms with Crippen molar-refractivity contribution in [2.24, 2.45) is 10.2 Å². The summed E-state index contributed by atoms with van der Waals surface area (Å²) in [6.45, 7) is 0. The Morgan fingerprint density at radius 3 is 1.53 bits per heavy atom. The first-order chi connectivity index (χ1) is 18.5. The van der Waals surface area contributed by atoms with Crippen LogP contribution < -0.4 is 10.9 Å². The minimum absolute atomic E-state index is 0.0240. The number of hydrogen-bond donors (Lipinski definition) is 4. The Morgan fingerprint density at radius 2 is 1.05 bits per heavy atom. The van der Waals surface area contributed by atoms with Crippen LogP contribution in [0.25, 0.3) is 21.5 Å². The fraction of sp³-hybridized carbons (Fsp3) is 0. The minimum atomic E-state index is -0.639. The summed E-state index contributed by atoms with van der Waals surface area (Å²) in [7, 11) is 0. The van der Waals surface area contributed by atoms with Gasteiger partial charge in [-0.25, -0.2) is 15.8 Å². The van der Waals surface area contributed by atoms with Crippen molar-refractivity contribution in [3.05, 3.63) is 114 Å². The van der Waals surface area contributed by atoms with E-state index in [1.807, 2.05) is 48.5 Å². The largest absolute Gasteiger partial charge is 0.507 e. The summed E-state index contributed by atoms with van der Waals surface area (Å²) in [5.74, 6) is -1.23. The number of aromatic nitrogens is 1. The van der Waals surface area contributed by atoms with Gasteiger partial charge in [-0.2, -0.15) is 10.2 Å². The number of aromatic hydroxyl groups is 2. The lowest BCUT2D eigenvalue weighted by Crippen LogP contribution is -2.23. The molecule has 1 aromatic heterocycles. The van der Waals surface area contributed by atoms with Gasteiger partial charge < -0.3 is 10.2 Å². The van der Waals surface area contributed by atoms with Crippen LogP contribution in [0, 0.1) is 0 Å². The number of amides is 2. The average Bonchev–Trinajstić information content (AvgIpc) is 2.95. The Labute approximate surface area is 216 Å². The highest BCUT2D eigenvalue weighted by Crippen LogP contribution is 2.26. The zero-order chi connectivity index (χ0) is 26.5. The number of nitrogens with one attached hydrogen (secondary N) is 2. The number of phenols is 2. The highest BCUT2D eigenvalue weighted by molar-refractivity contribution is 6.04. The molecule has 0 saturated carbocycles. The van der Waals surface area contributed by atoms with Crippen molar-refractivity contribution in [2.75, 3.05) is 0 Å². The van der Waals surface area contributed by atoms with Crippen molar-refractivity contribution in [3.8, 4) is 11.5 Å². The van der Waals surface area contributed by atoms with Crippen LogP contribution in [-0.4, -0.2) is 39.4 Å². The van der Waals surface area contributed by atoms with Crippen molar-refractivity contribution in [3.63, 3.8) is 0 Å². The minimum Gasteiger partial charge on any atom is -0.507 e. The smallest absolute Gasteiger partial charge is 0.289 e. The highest BCUT2D eigenvalue weighted by Gasteiger charge is 2.12. The lowest BCUT2D eigenvalue weighted by atomic mass is 10.0. The van der Waals surface area contributed by atoms with Crippen LogP contribution in [0.3, 0.4) is 0 Å². The molecule has 0 aliphatic carbocycles.